The normalized spacial score (nSPS) is 9.74. The number of hydrogen-bond acceptors (Lipinski definition) is 5. The molecule has 0 aliphatic heterocycles. The molecule has 6 heteroatoms. The highest BCUT2D eigenvalue weighted by atomic mass is 16.7. The van der Waals surface area contributed by atoms with E-state index in [1.807, 2.05) is 6.92 Å². The van der Waals surface area contributed by atoms with Crippen molar-refractivity contribution in [2.24, 2.45) is 0 Å². The van der Waals surface area contributed by atoms with Crippen molar-refractivity contribution in [2.75, 3.05) is 6.61 Å². The molecule has 1 rings (SSSR count). The minimum absolute atomic E-state index is 0.156. The van der Waals surface area contributed by atoms with Crippen LogP contribution in [0, 0.1) is 0 Å². The highest BCUT2D eigenvalue weighted by Gasteiger charge is 2.20. The molecule has 1 aromatic rings. The number of ether oxygens (including phenoxy) is 2. The molecule has 0 atom stereocenters. The van der Waals surface area contributed by atoms with Crippen molar-refractivity contribution in [1.29, 1.82) is 0 Å². The number of carboxylic acids is 1. The largest absolute Gasteiger partial charge is 0.516 e. The van der Waals surface area contributed by atoms with Gasteiger partial charge in [0.05, 0.1) is 17.7 Å². The van der Waals surface area contributed by atoms with Gasteiger partial charge in [0, 0.05) is 0 Å². The number of rotatable bonds is 5. The van der Waals surface area contributed by atoms with E-state index in [9.17, 15) is 14.4 Å². The Morgan fingerprint density at radius 1 is 1.16 bits per heavy atom. The van der Waals surface area contributed by atoms with Crippen LogP contribution in [0.1, 0.15) is 40.5 Å². The number of esters is 1. The van der Waals surface area contributed by atoms with Crippen LogP contribution in [0.5, 0.6) is 0 Å². The van der Waals surface area contributed by atoms with E-state index in [0.717, 1.165) is 6.42 Å². The van der Waals surface area contributed by atoms with E-state index >= 15 is 0 Å². The summed E-state index contributed by atoms with van der Waals surface area (Å²) >= 11 is 0. The van der Waals surface area contributed by atoms with Crippen LogP contribution >= 0.6 is 0 Å². The zero-order chi connectivity index (χ0) is 14.3. The van der Waals surface area contributed by atoms with Gasteiger partial charge in [0.1, 0.15) is 0 Å². The fraction of sp³-hybridized carbons (Fsp3) is 0.308. The summed E-state index contributed by atoms with van der Waals surface area (Å²) in [6, 6.07) is 5.47. The molecule has 0 amide bonds. The number of hydrogen-bond donors (Lipinski definition) is 1. The molecule has 0 fully saturated rings. The lowest BCUT2D eigenvalue weighted by molar-refractivity contribution is 0.0376. The molecule has 0 bridgehead atoms. The number of carbonyl (C=O) groups is 3. The minimum atomic E-state index is -1.27. The van der Waals surface area contributed by atoms with Crippen molar-refractivity contribution in [3.8, 4) is 0 Å². The zero-order valence-corrected chi connectivity index (χ0v) is 10.4. The molecular formula is C13H14O6. The van der Waals surface area contributed by atoms with E-state index in [1.54, 1.807) is 0 Å². The number of benzene rings is 1. The number of aromatic carboxylic acids is 1. The lowest BCUT2D eigenvalue weighted by atomic mass is 10.1. The Morgan fingerprint density at radius 3 is 2.37 bits per heavy atom. The van der Waals surface area contributed by atoms with Crippen LogP contribution in [0.3, 0.4) is 0 Å². The van der Waals surface area contributed by atoms with Crippen molar-refractivity contribution in [1.82, 2.24) is 0 Å². The monoisotopic (exact) mass is 266 g/mol. The number of unbranched alkanes of at least 4 members (excludes halogenated alkanes) is 1. The van der Waals surface area contributed by atoms with Gasteiger partial charge in [-0.2, -0.15) is 0 Å². The van der Waals surface area contributed by atoms with Crippen molar-refractivity contribution in [3.63, 3.8) is 0 Å². The average Bonchev–Trinajstić information content (AvgIpc) is 2.39. The lowest BCUT2D eigenvalue weighted by Gasteiger charge is -2.06. The molecule has 19 heavy (non-hydrogen) atoms. The molecule has 0 saturated carbocycles. The maximum absolute atomic E-state index is 11.6. The van der Waals surface area contributed by atoms with Crippen LogP contribution in [-0.4, -0.2) is 29.8 Å². The van der Waals surface area contributed by atoms with E-state index in [1.165, 1.54) is 24.3 Å². The Kier molecular flexibility index (Phi) is 5.53. The molecule has 0 aromatic heterocycles. The van der Waals surface area contributed by atoms with Gasteiger partial charge in [-0.1, -0.05) is 25.5 Å². The van der Waals surface area contributed by atoms with Gasteiger partial charge in [0.25, 0.3) is 0 Å². The molecule has 0 radical (unpaired) electrons. The maximum Gasteiger partial charge on any atom is 0.516 e. The summed E-state index contributed by atoms with van der Waals surface area (Å²) in [5.41, 5.74) is -0.420. The highest BCUT2D eigenvalue weighted by Crippen LogP contribution is 2.10. The molecule has 0 saturated heterocycles. The van der Waals surface area contributed by atoms with Gasteiger partial charge in [-0.15, -0.1) is 0 Å². The first-order valence-electron chi connectivity index (χ1n) is 5.77. The summed E-state index contributed by atoms with van der Waals surface area (Å²) < 4.78 is 9.06. The first-order chi connectivity index (χ1) is 9.06. The Balaban J connectivity index is 2.68. The van der Waals surface area contributed by atoms with Gasteiger partial charge in [0.2, 0.25) is 0 Å². The molecule has 1 aromatic carbocycles. The van der Waals surface area contributed by atoms with E-state index in [2.05, 4.69) is 9.47 Å². The van der Waals surface area contributed by atoms with Crippen LogP contribution in [-0.2, 0) is 9.47 Å². The molecule has 0 aliphatic carbocycles. The first-order valence-corrected chi connectivity index (χ1v) is 5.77. The summed E-state index contributed by atoms with van der Waals surface area (Å²) in [6.45, 7) is 2.08. The molecule has 1 N–H and O–H groups in total. The van der Waals surface area contributed by atoms with E-state index in [-0.39, 0.29) is 17.7 Å². The molecular weight excluding hydrogens is 252 g/mol. The SMILES string of the molecule is CCCCOC(=O)OC(=O)c1ccccc1C(=O)O. The second-order valence-electron chi connectivity index (χ2n) is 3.69. The molecule has 0 heterocycles. The summed E-state index contributed by atoms with van der Waals surface area (Å²) in [4.78, 5) is 33.7. The van der Waals surface area contributed by atoms with Gasteiger partial charge in [0.15, 0.2) is 0 Å². The summed E-state index contributed by atoms with van der Waals surface area (Å²) in [6.07, 6.45) is 0.372. The fourth-order valence-corrected chi connectivity index (χ4v) is 1.31. The van der Waals surface area contributed by atoms with Crippen molar-refractivity contribution < 1.29 is 29.0 Å². The Bertz CT molecular complexity index is 480. The van der Waals surface area contributed by atoms with Gasteiger partial charge in [-0.25, -0.2) is 14.4 Å². The van der Waals surface area contributed by atoms with Gasteiger partial charge < -0.3 is 14.6 Å². The van der Waals surface area contributed by atoms with Crippen molar-refractivity contribution >= 4 is 18.1 Å². The van der Waals surface area contributed by atoms with Crippen LogP contribution in [0.15, 0.2) is 24.3 Å². The number of carbonyl (C=O) groups excluding carboxylic acids is 2. The molecule has 6 nitrogen and oxygen atoms in total. The second-order valence-corrected chi connectivity index (χ2v) is 3.69. The van der Waals surface area contributed by atoms with Crippen molar-refractivity contribution in [2.45, 2.75) is 19.8 Å². The molecule has 0 unspecified atom stereocenters. The quantitative estimate of drug-likeness (QED) is 0.500. The molecule has 0 spiro atoms. The minimum Gasteiger partial charge on any atom is -0.478 e. The van der Waals surface area contributed by atoms with Gasteiger partial charge in [-0.3, -0.25) is 0 Å². The summed E-state index contributed by atoms with van der Waals surface area (Å²) in [5, 5.41) is 8.90. The average molecular weight is 266 g/mol. The fourth-order valence-electron chi connectivity index (χ4n) is 1.31. The third-order valence-electron chi connectivity index (χ3n) is 2.27. The molecule has 0 aliphatic rings. The summed E-state index contributed by atoms with van der Waals surface area (Å²) in [7, 11) is 0. The van der Waals surface area contributed by atoms with E-state index < -0.39 is 18.1 Å². The van der Waals surface area contributed by atoms with Crippen LogP contribution in [0.2, 0.25) is 0 Å². The third-order valence-corrected chi connectivity index (χ3v) is 2.27. The van der Waals surface area contributed by atoms with E-state index in [0.29, 0.717) is 6.42 Å². The zero-order valence-electron chi connectivity index (χ0n) is 10.4. The third kappa shape index (κ3) is 4.42. The van der Waals surface area contributed by atoms with Crippen LogP contribution in [0.4, 0.5) is 4.79 Å². The van der Waals surface area contributed by atoms with Gasteiger partial charge in [-0.05, 0) is 18.6 Å². The predicted molar refractivity (Wildman–Crippen MR) is 65.1 cm³/mol. The molecule has 102 valence electrons. The highest BCUT2D eigenvalue weighted by molar-refractivity contribution is 6.04. The maximum atomic E-state index is 11.6. The van der Waals surface area contributed by atoms with Gasteiger partial charge >= 0.3 is 18.1 Å². The van der Waals surface area contributed by atoms with Crippen LogP contribution in [0.25, 0.3) is 0 Å². The second kappa shape index (κ2) is 7.15. The number of carboxylic acid groups (broad SMARTS) is 1. The topological polar surface area (TPSA) is 89.9 Å². The van der Waals surface area contributed by atoms with Crippen LogP contribution < -0.4 is 0 Å². The standard InChI is InChI=1S/C13H14O6/c1-2-3-8-18-13(17)19-12(16)10-7-5-4-6-9(10)11(14)15/h4-7H,2-3,8H2,1H3,(H,14,15). The Hall–Kier alpha value is -2.37. The lowest BCUT2D eigenvalue weighted by Crippen LogP contribution is -2.17. The van der Waals surface area contributed by atoms with E-state index in [4.69, 9.17) is 5.11 Å². The predicted octanol–water partition coefficient (Wildman–Crippen LogP) is 2.48. The Morgan fingerprint density at radius 2 is 1.79 bits per heavy atom. The van der Waals surface area contributed by atoms with Crippen molar-refractivity contribution in [3.05, 3.63) is 35.4 Å². The Labute approximate surface area is 109 Å². The smallest absolute Gasteiger partial charge is 0.478 e. The summed E-state index contributed by atoms with van der Waals surface area (Å²) in [5.74, 6) is -2.31. The first kappa shape index (κ1) is 14.7.